The molecule has 0 radical (unpaired) electrons. The molecule has 0 aliphatic rings. The average molecular weight is 352 g/mol. The number of carbonyl (C=O) groups is 1. The zero-order valence-corrected chi connectivity index (χ0v) is 13.3. The van der Waals surface area contributed by atoms with E-state index >= 15 is 0 Å². The molecule has 0 fully saturated rings. The number of nitrogens with zero attached hydrogens (tertiary/aromatic N) is 1. The van der Waals surface area contributed by atoms with Gasteiger partial charge in [-0.3, -0.25) is 14.9 Å². The van der Waals surface area contributed by atoms with Crippen LogP contribution >= 0.6 is 0 Å². The molecule has 0 aromatic heterocycles. The molecule has 0 unspecified atom stereocenters. The maximum absolute atomic E-state index is 13.7. The fourth-order valence-electron chi connectivity index (χ4n) is 1.97. The number of benzene rings is 2. The predicted molar refractivity (Wildman–Crippen MR) is 86.0 cm³/mol. The zero-order chi connectivity index (χ0) is 17.9. The SMILES string of the molecule is CS(=O)(=O)Cc1ccc(C(=O)Nc2cc([N+](=O)[O-])ccc2F)cc1. The van der Waals surface area contributed by atoms with Crippen molar-refractivity contribution in [2.24, 2.45) is 0 Å². The molecule has 126 valence electrons. The van der Waals surface area contributed by atoms with Crippen LogP contribution in [0.4, 0.5) is 15.8 Å². The van der Waals surface area contributed by atoms with Crippen molar-refractivity contribution >= 4 is 27.1 Å². The third-order valence-corrected chi connectivity index (χ3v) is 3.91. The molecule has 2 aromatic carbocycles. The second kappa shape index (κ2) is 6.75. The van der Waals surface area contributed by atoms with Crippen molar-refractivity contribution in [1.82, 2.24) is 0 Å². The van der Waals surface area contributed by atoms with Gasteiger partial charge in [0.05, 0.1) is 16.4 Å². The number of nitrogens with one attached hydrogen (secondary N) is 1. The first-order chi connectivity index (χ1) is 11.2. The molecule has 0 spiro atoms. The average Bonchev–Trinajstić information content (AvgIpc) is 2.48. The van der Waals surface area contributed by atoms with Gasteiger partial charge in [-0.05, 0) is 23.8 Å². The lowest BCUT2D eigenvalue weighted by atomic mass is 10.1. The van der Waals surface area contributed by atoms with Gasteiger partial charge < -0.3 is 5.32 Å². The van der Waals surface area contributed by atoms with Gasteiger partial charge in [-0.15, -0.1) is 0 Å². The minimum absolute atomic E-state index is 0.158. The molecule has 2 rings (SSSR count). The lowest BCUT2D eigenvalue weighted by molar-refractivity contribution is -0.384. The van der Waals surface area contributed by atoms with Gasteiger partial charge in [0.2, 0.25) is 0 Å². The van der Waals surface area contributed by atoms with E-state index in [1.807, 2.05) is 0 Å². The van der Waals surface area contributed by atoms with Crippen molar-refractivity contribution < 1.29 is 22.5 Å². The van der Waals surface area contributed by atoms with E-state index in [-0.39, 0.29) is 22.7 Å². The molecule has 0 saturated carbocycles. The van der Waals surface area contributed by atoms with E-state index in [1.165, 1.54) is 24.3 Å². The number of halogens is 1. The van der Waals surface area contributed by atoms with E-state index in [0.29, 0.717) is 5.56 Å². The molecule has 2 aromatic rings. The molecule has 9 heteroatoms. The summed E-state index contributed by atoms with van der Waals surface area (Å²) in [6, 6.07) is 8.54. The van der Waals surface area contributed by atoms with Gasteiger partial charge in [-0.25, -0.2) is 12.8 Å². The van der Waals surface area contributed by atoms with Crippen molar-refractivity contribution in [3.05, 3.63) is 69.5 Å². The van der Waals surface area contributed by atoms with Crippen LogP contribution in [0.1, 0.15) is 15.9 Å². The van der Waals surface area contributed by atoms with Gasteiger partial charge in [0, 0.05) is 24.0 Å². The monoisotopic (exact) mass is 352 g/mol. The van der Waals surface area contributed by atoms with Crippen molar-refractivity contribution in [3.8, 4) is 0 Å². The highest BCUT2D eigenvalue weighted by Crippen LogP contribution is 2.22. The molecular formula is C15H13FN2O5S. The lowest BCUT2D eigenvalue weighted by Crippen LogP contribution is -2.13. The number of nitro groups is 1. The van der Waals surface area contributed by atoms with Crippen LogP contribution < -0.4 is 5.32 Å². The number of nitro benzene ring substituents is 1. The van der Waals surface area contributed by atoms with E-state index in [1.54, 1.807) is 0 Å². The molecule has 0 atom stereocenters. The minimum Gasteiger partial charge on any atom is -0.319 e. The standard InChI is InChI=1S/C15H13FN2O5S/c1-24(22,23)9-10-2-4-11(5-3-10)15(19)17-14-8-12(18(20)21)6-7-13(14)16/h2-8H,9H2,1H3,(H,17,19). The van der Waals surface area contributed by atoms with Gasteiger partial charge in [0.15, 0.2) is 9.84 Å². The molecule has 1 amide bonds. The molecule has 0 aliphatic heterocycles. The third kappa shape index (κ3) is 4.59. The number of anilines is 1. The molecule has 0 aliphatic carbocycles. The fraction of sp³-hybridized carbons (Fsp3) is 0.133. The molecule has 0 bridgehead atoms. The first kappa shape index (κ1) is 17.5. The van der Waals surface area contributed by atoms with E-state index in [9.17, 15) is 27.7 Å². The van der Waals surface area contributed by atoms with Gasteiger partial charge in [0.1, 0.15) is 5.82 Å². The van der Waals surface area contributed by atoms with Crippen LogP contribution in [0.2, 0.25) is 0 Å². The highest BCUT2D eigenvalue weighted by Gasteiger charge is 2.14. The summed E-state index contributed by atoms with van der Waals surface area (Å²) in [7, 11) is -3.19. The Balaban J connectivity index is 2.18. The van der Waals surface area contributed by atoms with Crippen LogP contribution in [0.3, 0.4) is 0 Å². The van der Waals surface area contributed by atoms with Crippen LogP contribution in [0, 0.1) is 15.9 Å². The van der Waals surface area contributed by atoms with E-state index in [4.69, 9.17) is 0 Å². The Hall–Kier alpha value is -2.81. The highest BCUT2D eigenvalue weighted by molar-refractivity contribution is 7.89. The Morgan fingerprint density at radius 1 is 1.21 bits per heavy atom. The van der Waals surface area contributed by atoms with Crippen LogP contribution in [-0.2, 0) is 15.6 Å². The zero-order valence-electron chi connectivity index (χ0n) is 12.5. The van der Waals surface area contributed by atoms with Crippen LogP contribution in [0.5, 0.6) is 0 Å². The van der Waals surface area contributed by atoms with Crippen LogP contribution in [0.15, 0.2) is 42.5 Å². The smallest absolute Gasteiger partial charge is 0.271 e. The van der Waals surface area contributed by atoms with Gasteiger partial charge >= 0.3 is 0 Å². The Labute approximate surface area is 137 Å². The van der Waals surface area contributed by atoms with Crippen LogP contribution in [-0.4, -0.2) is 25.5 Å². The number of non-ortho nitro benzene ring substituents is 1. The largest absolute Gasteiger partial charge is 0.319 e. The van der Waals surface area contributed by atoms with Gasteiger partial charge in [0.25, 0.3) is 11.6 Å². The van der Waals surface area contributed by atoms with Crippen molar-refractivity contribution in [2.45, 2.75) is 5.75 Å². The van der Waals surface area contributed by atoms with E-state index in [0.717, 1.165) is 24.5 Å². The Morgan fingerprint density at radius 3 is 2.38 bits per heavy atom. The topological polar surface area (TPSA) is 106 Å². The van der Waals surface area contributed by atoms with Crippen molar-refractivity contribution in [2.75, 3.05) is 11.6 Å². The van der Waals surface area contributed by atoms with Crippen molar-refractivity contribution in [1.29, 1.82) is 0 Å². The molecular weight excluding hydrogens is 339 g/mol. The normalized spacial score (nSPS) is 11.1. The number of hydrogen-bond acceptors (Lipinski definition) is 5. The maximum Gasteiger partial charge on any atom is 0.271 e. The van der Waals surface area contributed by atoms with E-state index in [2.05, 4.69) is 5.32 Å². The summed E-state index contributed by atoms with van der Waals surface area (Å²) in [4.78, 5) is 22.1. The molecule has 24 heavy (non-hydrogen) atoms. The lowest BCUT2D eigenvalue weighted by Gasteiger charge is -2.07. The summed E-state index contributed by atoms with van der Waals surface area (Å²) < 4.78 is 36.1. The Morgan fingerprint density at radius 2 is 1.83 bits per heavy atom. The summed E-state index contributed by atoms with van der Waals surface area (Å²) in [6.07, 6.45) is 1.10. The number of sulfone groups is 1. The van der Waals surface area contributed by atoms with Crippen LogP contribution in [0.25, 0.3) is 0 Å². The number of amides is 1. The second-order valence-electron chi connectivity index (χ2n) is 5.14. The number of rotatable bonds is 5. The summed E-state index contributed by atoms with van der Waals surface area (Å²) in [5.74, 6) is -1.63. The minimum atomic E-state index is -3.19. The predicted octanol–water partition coefficient (Wildman–Crippen LogP) is 2.53. The molecule has 7 nitrogen and oxygen atoms in total. The highest BCUT2D eigenvalue weighted by atomic mass is 32.2. The van der Waals surface area contributed by atoms with Crippen molar-refractivity contribution in [3.63, 3.8) is 0 Å². The maximum atomic E-state index is 13.7. The number of hydrogen-bond donors (Lipinski definition) is 1. The Bertz CT molecular complexity index is 895. The summed E-state index contributed by atoms with van der Waals surface area (Å²) in [5.41, 5.74) is 0.0124. The molecule has 0 heterocycles. The molecule has 1 N–H and O–H groups in total. The summed E-state index contributed by atoms with van der Waals surface area (Å²) in [6.45, 7) is 0. The summed E-state index contributed by atoms with van der Waals surface area (Å²) >= 11 is 0. The van der Waals surface area contributed by atoms with Gasteiger partial charge in [-0.2, -0.15) is 0 Å². The van der Waals surface area contributed by atoms with Gasteiger partial charge in [-0.1, -0.05) is 12.1 Å². The first-order valence-corrected chi connectivity index (χ1v) is 8.74. The third-order valence-electron chi connectivity index (χ3n) is 3.05. The first-order valence-electron chi connectivity index (χ1n) is 6.68. The molecule has 0 saturated heterocycles. The second-order valence-corrected chi connectivity index (χ2v) is 7.28. The Kier molecular flexibility index (Phi) is 4.93. The summed E-state index contributed by atoms with van der Waals surface area (Å²) in [5, 5.41) is 12.9. The number of carbonyl (C=O) groups excluding carboxylic acids is 1. The quantitative estimate of drug-likeness (QED) is 0.657. The van der Waals surface area contributed by atoms with E-state index < -0.39 is 26.5 Å². The fourth-order valence-corrected chi connectivity index (χ4v) is 2.77.